The van der Waals surface area contributed by atoms with Crippen LogP contribution in [0.2, 0.25) is 0 Å². The highest BCUT2D eigenvalue weighted by molar-refractivity contribution is 5.75. The molecule has 0 unspecified atom stereocenters. The van der Waals surface area contributed by atoms with Crippen LogP contribution >= 0.6 is 0 Å². The summed E-state index contributed by atoms with van der Waals surface area (Å²) in [6.07, 6.45) is 16.3. The summed E-state index contributed by atoms with van der Waals surface area (Å²) in [5.74, 6) is 2.07. The Hall–Kier alpha value is -2.78. The van der Waals surface area contributed by atoms with Crippen molar-refractivity contribution < 1.29 is 4.74 Å². The molecule has 1 fully saturated rings. The van der Waals surface area contributed by atoms with Crippen LogP contribution in [0.1, 0.15) is 120 Å². The van der Waals surface area contributed by atoms with Gasteiger partial charge in [-0.1, -0.05) is 89.5 Å². The number of benzene rings is 2. The monoisotopic (exact) mass is 470 g/mol. The Morgan fingerprint density at radius 1 is 0.743 bits per heavy atom. The van der Waals surface area contributed by atoms with E-state index in [1.165, 1.54) is 64.2 Å². The summed E-state index contributed by atoms with van der Waals surface area (Å²) in [6, 6.07) is 16.8. The molecule has 186 valence electrons. The van der Waals surface area contributed by atoms with Crippen molar-refractivity contribution in [2.75, 3.05) is 6.61 Å². The second kappa shape index (κ2) is 14.6. The van der Waals surface area contributed by atoms with E-state index in [1.807, 2.05) is 30.3 Å². The van der Waals surface area contributed by atoms with E-state index >= 15 is 0 Å². The maximum Gasteiger partial charge on any atom is 0.119 e. The summed E-state index contributed by atoms with van der Waals surface area (Å²) in [7, 11) is 0. The van der Waals surface area contributed by atoms with Crippen molar-refractivity contribution in [3.63, 3.8) is 0 Å². The first kappa shape index (κ1) is 26.8. The van der Waals surface area contributed by atoms with Crippen molar-refractivity contribution in [2.45, 2.75) is 103 Å². The molecule has 0 atom stereocenters. The molecule has 2 aromatic carbocycles. The zero-order chi connectivity index (χ0) is 24.9. The summed E-state index contributed by atoms with van der Waals surface area (Å²) >= 11 is 0. The summed E-state index contributed by atoms with van der Waals surface area (Å²) < 4.78 is 5.83. The van der Waals surface area contributed by atoms with Crippen LogP contribution in [0.4, 0.5) is 0 Å². The molecule has 0 radical (unpaired) electrons. The van der Waals surface area contributed by atoms with Crippen molar-refractivity contribution >= 4 is 0 Å². The Morgan fingerprint density at radius 2 is 1.40 bits per heavy atom. The Balaban J connectivity index is 1.66. The van der Waals surface area contributed by atoms with Gasteiger partial charge >= 0.3 is 0 Å². The van der Waals surface area contributed by atoms with Crippen molar-refractivity contribution in [3.05, 3.63) is 53.1 Å². The predicted octanol–water partition coefficient (Wildman–Crippen LogP) is 9.30. The molecule has 3 rings (SSSR count). The predicted molar refractivity (Wildman–Crippen MR) is 144 cm³/mol. The summed E-state index contributed by atoms with van der Waals surface area (Å²) in [5.41, 5.74) is 3.96. The third kappa shape index (κ3) is 7.60. The summed E-state index contributed by atoms with van der Waals surface area (Å²) in [4.78, 5) is 0. The topological polar surface area (TPSA) is 56.8 Å². The second-order valence-electron chi connectivity index (χ2n) is 10.2. The SMILES string of the molecule is CCCCCCCC1CCC(c2ccc(-c3ccc(OCCCCC)cc3)c(C#N)c2C#N)CC1. The molecule has 0 spiro atoms. The van der Waals surface area contributed by atoms with Gasteiger partial charge in [0, 0.05) is 5.56 Å². The number of nitriles is 2. The molecular formula is C32H42N2O. The fourth-order valence-corrected chi connectivity index (χ4v) is 5.51. The summed E-state index contributed by atoms with van der Waals surface area (Å²) in [6.45, 7) is 5.18. The van der Waals surface area contributed by atoms with Gasteiger partial charge in [0.15, 0.2) is 0 Å². The van der Waals surface area contributed by atoms with Crippen LogP contribution in [0.3, 0.4) is 0 Å². The zero-order valence-electron chi connectivity index (χ0n) is 21.8. The smallest absolute Gasteiger partial charge is 0.119 e. The Morgan fingerprint density at radius 3 is 2.06 bits per heavy atom. The van der Waals surface area contributed by atoms with Crippen LogP contribution in [0, 0.1) is 28.6 Å². The van der Waals surface area contributed by atoms with Gasteiger partial charge in [-0.15, -0.1) is 0 Å². The van der Waals surface area contributed by atoms with E-state index in [9.17, 15) is 10.5 Å². The minimum Gasteiger partial charge on any atom is -0.494 e. The number of hydrogen-bond acceptors (Lipinski definition) is 3. The van der Waals surface area contributed by atoms with Gasteiger partial charge in [-0.05, 0) is 67.2 Å². The third-order valence-corrected chi connectivity index (χ3v) is 7.65. The van der Waals surface area contributed by atoms with Gasteiger partial charge in [0.2, 0.25) is 0 Å². The van der Waals surface area contributed by atoms with Crippen LogP contribution in [0.15, 0.2) is 36.4 Å². The first-order valence-corrected chi connectivity index (χ1v) is 13.9. The maximum atomic E-state index is 10.0. The largest absolute Gasteiger partial charge is 0.494 e. The van der Waals surface area contributed by atoms with Crippen LogP contribution in [-0.2, 0) is 0 Å². The summed E-state index contributed by atoms with van der Waals surface area (Å²) in [5, 5.41) is 20.0. The lowest BCUT2D eigenvalue weighted by Gasteiger charge is -2.29. The van der Waals surface area contributed by atoms with Gasteiger partial charge in [-0.25, -0.2) is 0 Å². The Labute approximate surface area is 213 Å². The van der Waals surface area contributed by atoms with E-state index in [1.54, 1.807) is 0 Å². The van der Waals surface area contributed by atoms with Crippen molar-refractivity contribution in [1.82, 2.24) is 0 Å². The van der Waals surface area contributed by atoms with E-state index in [4.69, 9.17) is 4.74 Å². The van der Waals surface area contributed by atoms with Gasteiger partial charge in [0.1, 0.15) is 17.9 Å². The first-order chi connectivity index (χ1) is 17.2. The van der Waals surface area contributed by atoms with Gasteiger partial charge in [0.25, 0.3) is 0 Å². The molecule has 0 N–H and O–H groups in total. The standard InChI is InChI=1S/C32H42N2O/c1-3-5-7-8-9-11-25-12-14-26(15-13-25)29-20-21-30(32(24-34)31(29)23-33)27-16-18-28(19-17-27)35-22-10-6-4-2/h16-21,25-26H,3-15,22H2,1-2H3. The van der Waals surface area contributed by atoms with Crippen molar-refractivity contribution in [2.24, 2.45) is 5.92 Å². The van der Waals surface area contributed by atoms with Crippen molar-refractivity contribution in [1.29, 1.82) is 10.5 Å². The Kier molecular flexibility index (Phi) is 11.2. The van der Waals surface area contributed by atoms with Crippen LogP contribution < -0.4 is 4.74 Å². The van der Waals surface area contributed by atoms with Crippen molar-refractivity contribution in [3.8, 4) is 29.0 Å². The highest BCUT2D eigenvalue weighted by Crippen LogP contribution is 2.41. The Bertz CT molecular complexity index is 988. The molecule has 0 aliphatic heterocycles. The molecule has 2 aromatic rings. The molecule has 1 aliphatic carbocycles. The number of nitrogens with zero attached hydrogens (tertiary/aromatic N) is 2. The van der Waals surface area contributed by atoms with E-state index in [0.29, 0.717) is 17.0 Å². The van der Waals surface area contributed by atoms with Crippen LogP contribution in [0.25, 0.3) is 11.1 Å². The maximum absolute atomic E-state index is 10.0. The molecule has 3 heteroatoms. The molecule has 0 aromatic heterocycles. The molecular weight excluding hydrogens is 428 g/mol. The molecule has 1 saturated carbocycles. The van der Waals surface area contributed by atoms with Gasteiger partial charge < -0.3 is 4.74 Å². The molecule has 0 saturated heterocycles. The lowest BCUT2D eigenvalue weighted by Crippen LogP contribution is -2.15. The second-order valence-corrected chi connectivity index (χ2v) is 10.2. The minimum absolute atomic E-state index is 0.390. The average Bonchev–Trinajstić information content (AvgIpc) is 2.91. The third-order valence-electron chi connectivity index (χ3n) is 7.65. The number of unbranched alkanes of at least 4 members (excludes halogenated alkanes) is 6. The normalized spacial score (nSPS) is 17.5. The molecule has 0 heterocycles. The first-order valence-electron chi connectivity index (χ1n) is 13.9. The fraction of sp³-hybridized carbons (Fsp3) is 0.562. The number of ether oxygens (including phenoxy) is 1. The molecule has 1 aliphatic rings. The van der Waals surface area contributed by atoms with E-state index in [2.05, 4.69) is 32.1 Å². The van der Waals surface area contributed by atoms with Gasteiger partial charge in [0.05, 0.1) is 17.7 Å². The average molecular weight is 471 g/mol. The van der Waals surface area contributed by atoms with Crippen LogP contribution in [-0.4, -0.2) is 6.61 Å². The molecule has 0 amide bonds. The number of hydrogen-bond donors (Lipinski definition) is 0. The van der Waals surface area contributed by atoms with Crippen LogP contribution in [0.5, 0.6) is 5.75 Å². The fourth-order valence-electron chi connectivity index (χ4n) is 5.51. The van der Waals surface area contributed by atoms with Gasteiger partial charge in [-0.3, -0.25) is 0 Å². The van der Waals surface area contributed by atoms with Gasteiger partial charge in [-0.2, -0.15) is 10.5 Å². The lowest BCUT2D eigenvalue weighted by atomic mass is 9.75. The quantitative estimate of drug-likeness (QED) is 0.274. The van der Waals surface area contributed by atoms with E-state index in [0.717, 1.165) is 54.2 Å². The van der Waals surface area contributed by atoms with E-state index < -0.39 is 0 Å². The lowest BCUT2D eigenvalue weighted by molar-refractivity contribution is 0.301. The highest BCUT2D eigenvalue weighted by Gasteiger charge is 2.26. The van der Waals surface area contributed by atoms with E-state index in [-0.39, 0.29) is 0 Å². The molecule has 0 bridgehead atoms. The molecule has 3 nitrogen and oxygen atoms in total. The highest BCUT2D eigenvalue weighted by atomic mass is 16.5. The number of rotatable bonds is 13. The zero-order valence-corrected chi connectivity index (χ0v) is 21.8. The molecule has 35 heavy (non-hydrogen) atoms. The minimum atomic E-state index is 0.390.